The number of rotatable bonds is 6. The molecule has 1 aromatic rings. The number of halogens is 2. The van der Waals surface area contributed by atoms with E-state index in [0.29, 0.717) is 48.6 Å². The Morgan fingerprint density at radius 3 is 2.70 bits per heavy atom. The molecule has 0 aromatic heterocycles. The molecular formula is C21H32ClIN4O3. The molecule has 1 saturated heterocycles. The second-order valence-electron chi connectivity index (χ2n) is 7.40. The fraction of sp³-hybridized carbons (Fsp3) is 0.619. The van der Waals surface area contributed by atoms with Crippen LogP contribution in [0.2, 0.25) is 5.02 Å². The van der Waals surface area contributed by atoms with Crippen LogP contribution in [-0.2, 0) is 11.2 Å². The summed E-state index contributed by atoms with van der Waals surface area (Å²) < 4.78 is 11.2. The largest absolute Gasteiger partial charge is 0.486 e. The first-order chi connectivity index (χ1) is 14.1. The van der Waals surface area contributed by atoms with E-state index in [-0.39, 0.29) is 29.9 Å². The maximum Gasteiger partial charge on any atom is 0.220 e. The molecule has 1 amide bonds. The molecule has 0 bridgehead atoms. The average molecular weight is 551 g/mol. The minimum Gasteiger partial charge on any atom is -0.486 e. The zero-order valence-corrected chi connectivity index (χ0v) is 20.8. The second kappa shape index (κ2) is 12.4. The van der Waals surface area contributed by atoms with Gasteiger partial charge in [-0.05, 0) is 49.8 Å². The standard InChI is InChI=1S/C21H31ClN4O3.HI/c1-3-24-21(26-8-5-15(6-9-26)14-19(27)23-2)25-7-4-16-12-17(22)20-18(13-16)28-10-11-29-20;/h12-13,15H,3-11,14H2,1-2H3,(H,23,27)(H,24,25);1H. The minimum absolute atomic E-state index is 0. The molecule has 1 aromatic carbocycles. The summed E-state index contributed by atoms with van der Waals surface area (Å²) in [5.74, 6) is 2.87. The first-order valence-electron chi connectivity index (χ1n) is 10.4. The van der Waals surface area contributed by atoms with E-state index < -0.39 is 0 Å². The molecule has 30 heavy (non-hydrogen) atoms. The molecular weight excluding hydrogens is 519 g/mol. The number of guanidine groups is 1. The van der Waals surface area contributed by atoms with Crippen molar-refractivity contribution in [3.8, 4) is 11.5 Å². The third kappa shape index (κ3) is 6.80. The van der Waals surface area contributed by atoms with Crippen LogP contribution < -0.4 is 20.1 Å². The predicted molar refractivity (Wildman–Crippen MR) is 131 cm³/mol. The number of benzene rings is 1. The Morgan fingerprint density at radius 2 is 2.00 bits per heavy atom. The molecule has 7 nitrogen and oxygen atoms in total. The number of hydrogen-bond donors (Lipinski definition) is 2. The number of aliphatic imine (C=N–C) groups is 1. The highest BCUT2D eigenvalue weighted by Gasteiger charge is 2.23. The number of carbonyl (C=O) groups is 1. The van der Waals surface area contributed by atoms with Gasteiger partial charge in [-0.25, -0.2) is 0 Å². The molecule has 0 aliphatic carbocycles. The van der Waals surface area contributed by atoms with Gasteiger partial charge in [0.25, 0.3) is 0 Å². The van der Waals surface area contributed by atoms with Crippen molar-refractivity contribution in [3.63, 3.8) is 0 Å². The number of amides is 1. The lowest BCUT2D eigenvalue weighted by atomic mass is 9.93. The topological polar surface area (TPSA) is 75.2 Å². The summed E-state index contributed by atoms with van der Waals surface area (Å²) in [5.41, 5.74) is 1.09. The van der Waals surface area contributed by atoms with E-state index in [1.165, 1.54) is 0 Å². The molecule has 9 heteroatoms. The third-order valence-electron chi connectivity index (χ3n) is 5.32. The Bertz CT molecular complexity index is 739. The van der Waals surface area contributed by atoms with Gasteiger partial charge in [0.2, 0.25) is 5.91 Å². The molecule has 2 heterocycles. The molecule has 2 aliphatic heterocycles. The van der Waals surface area contributed by atoms with Gasteiger partial charge >= 0.3 is 0 Å². The average Bonchev–Trinajstić information content (AvgIpc) is 2.74. The highest BCUT2D eigenvalue weighted by Crippen LogP contribution is 2.38. The monoisotopic (exact) mass is 550 g/mol. The van der Waals surface area contributed by atoms with Gasteiger partial charge in [0.15, 0.2) is 17.5 Å². The van der Waals surface area contributed by atoms with Crippen LogP contribution in [0, 0.1) is 5.92 Å². The molecule has 0 atom stereocenters. The number of ether oxygens (including phenoxy) is 2. The molecule has 1 fully saturated rings. The molecule has 0 spiro atoms. The van der Waals surface area contributed by atoms with Crippen LogP contribution in [-0.4, -0.2) is 63.2 Å². The summed E-state index contributed by atoms with van der Waals surface area (Å²) in [6.45, 7) is 6.48. The lowest BCUT2D eigenvalue weighted by molar-refractivity contribution is -0.121. The quantitative estimate of drug-likeness (QED) is 0.324. The van der Waals surface area contributed by atoms with Crippen LogP contribution in [0.15, 0.2) is 17.1 Å². The van der Waals surface area contributed by atoms with Crippen LogP contribution in [0.3, 0.4) is 0 Å². The highest BCUT2D eigenvalue weighted by molar-refractivity contribution is 14.0. The van der Waals surface area contributed by atoms with Crippen molar-refractivity contribution in [2.75, 3.05) is 46.4 Å². The van der Waals surface area contributed by atoms with Crippen LogP contribution in [0.1, 0.15) is 31.7 Å². The summed E-state index contributed by atoms with van der Waals surface area (Å²) in [6, 6.07) is 3.93. The van der Waals surface area contributed by atoms with Crippen molar-refractivity contribution in [2.45, 2.75) is 32.6 Å². The van der Waals surface area contributed by atoms with E-state index in [0.717, 1.165) is 50.4 Å². The van der Waals surface area contributed by atoms with Gasteiger partial charge in [0.1, 0.15) is 13.2 Å². The molecule has 0 unspecified atom stereocenters. The molecule has 2 N–H and O–H groups in total. The van der Waals surface area contributed by atoms with Crippen molar-refractivity contribution in [1.29, 1.82) is 0 Å². The highest BCUT2D eigenvalue weighted by atomic mass is 127. The van der Waals surface area contributed by atoms with Crippen molar-refractivity contribution in [1.82, 2.24) is 15.5 Å². The van der Waals surface area contributed by atoms with Crippen LogP contribution in [0.4, 0.5) is 0 Å². The Hall–Kier alpha value is -1.42. The number of likely N-dealkylation sites (tertiary alicyclic amines) is 1. The Balaban J connectivity index is 0.00000320. The molecule has 0 radical (unpaired) electrons. The summed E-state index contributed by atoms with van der Waals surface area (Å²) >= 11 is 6.33. The second-order valence-corrected chi connectivity index (χ2v) is 7.80. The number of carbonyl (C=O) groups excluding carboxylic acids is 1. The summed E-state index contributed by atoms with van der Waals surface area (Å²) in [5, 5.41) is 6.70. The van der Waals surface area contributed by atoms with Crippen molar-refractivity contribution in [3.05, 3.63) is 22.7 Å². The van der Waals surface area contributed by atoms with Crippen LogP contribution in [0.25, 0.3) is 0 Å². The number of fused-ring (bicyclic) bond motifs is 1. The fourth-order valence-electron chi connectivity index (χ4n) is 3.74. The van der Waals surface area contributed by atoms with Crippen molar-refractivity contribution >= 4 is 47.4 Å². The van der Waals surface area contributed by atoms with Crippen molar-refractivity contribution in [2.24, 2.45) is 10.9 Å². The Kier molecular flexibility index (Phi) is 10.3. The van der Waals surface area contributed by atoms with E-state index in [4.69, 9.17) is 26.1 Å². The normalized spacial score (nSPS) is 16.6. The third-order valence-corrected chi connectivity index (χ3v) is 5.60. The Labute approximate surface area is 200 Å². The lowest BCUT2D eigenvalue weighted by Crippen LogP contribution is -2.46. The maximum atomic E-state index is 11.6. The van der Waals surface area contributed by atoms with Gasteiger partial charge in [-0.3, -0.25) is 9.79 Å². The molecule has 168 valence electrons. The molecule has 0 saturated carbocycles. The van der Waals surface area contributed by atoms with E-state index in [1.807, 2.05) is 12.1 Å². The lowest BCUT2D eigenvalue weighted by Gasteiger charge is -2.34. The van der Waals surface area contributed by atoms with E-state index >= 15 is 0 Å². The van der Waals surface area contributed by atoms with Gasteiger partial charge in [0.05, 0.1) is 5.02 Å². The van der Waals surface area contributed by atoms with Crippen LogP contribution in [0.5, 0.6) is 11.5 Å². The van der Waals surface area contributed by atoms with E-state index in [9.17, 15) is 4.79 Å². The number of nitrogens with zero attached hydrogens (tertiary/aromatic N) is 2. The van der Waals surface area contributed by atoms with Gasteiger partial charge in [-0.1, -0.05) is 11.6 Å². The van der Waals surface area contributed by atoms with Crippen molar-refractivity contribution < 1.29 is 14.3 Å². The molecule has 3 rings (SSSR count). The fourth-order valence-corrected chi connectivity index (χ4v) is 4.03. The predicted octanol–water partition coefficient (Wildman–Crippen LogP) is 3.09. The van der Waals surface area contributed by atoms with Crippen LogP contribution >= 0.6 is 35.6 Å². The van der Waals surface area contributed by atoms with Gasteiger partial charge < -0.3 is 25.0 Å². The van der Waals surface area contributed by atoms with Gasteiger partial charge in [-0.2, -0.15) is 0 Å². The minimum atomic E-state index is 0. The first kappa shape index (κ1) is 24.8. The maximum absolute atomic E-state index is 11.6. The molecule has 2 aliphatic rings. The smallest absolute Gasteiger partial charge is 0.220 e. The summed E-state index contributed by atoms with van der Waals surface area (Å²) in [6.07, 6.45) is 3.41. The van der Waals surface area contributed by atoms with Gasteiger partial charge in [0, 0.05) is 39.6 Å². The zero-order chi connectivity index (χ0) is 20.6. The van der Waals surface area contributed by atoms with Gasteiger partial charge in [-0.15, -0.1) is 24.0 Å². The number of nitrogens with one attached hydrogen (secondary N) is 2. The summed E-state index contributed by atoms with van der Waals surface area (Å²) in [4.78, 5) is 18.7. The first-order valence-corrected chi connectivity index (χ1v) is 10.8. The number of hydrogen-bond acceptors (Lipinski definition) is 4. The zero-order valence-electron chi connectivity index (χ0n) is 17.7. The summed E-state index contributed by atoms with van der Waals surface area (Å²) in [7, 11) is 1.70. The SMILES string of the molecule is CCNC(=NCCc1cc(Cl)c2c(c1)OCCO2)N1CCC(CC(=O)NC)CC1.I. The van der Waals surface area contributed by atoms with E-state index in [1.54, 1.807) is 7.05 Å². The number of piperidine rings is 1. The Morgan fingerprint density at radius 1 is 1.27 bits per heavy atom. The van der Waals surface area contributed by atoms with E-state index in [2.05, 4.69) is 22.5 Å².